The minimum Gasteiger partial charge on any atom is -0.367 e. The molecule has 146 valence electrons. The van der Waals surface area contributed by atoms with Gasteiger partial charge in [-0.2, -0.15) is 0 Å². The molecule has 0 saturated carbocycles. The van der Waals surface area contributed by atoms with E-state index in [2.05, 4.69) is 4.90 Å². The van der Waals surface area contributed by atoms with Gasteiger partial charge in [0, 0.05) is 39.1 Å². The van der Waals surface area contributed by atoms with E-state index < -0.39 is 11.7 Å². The first-order valence-corrected chi connectivity index (χ1v) is 9.75. The Balaban J connectivity index is 1.39. The molecule has 0 N–H and O–H groups in total. The van der Waals surface area contributed by atoms with E-state index >= 15 is 0 Å². The van der Waals surface area contributed by atoms with Gasteiger partial charge in [0.15, 0.2) is 0 Å². The largest absolute Gasteiger partial charge is 0.367 e. The average molecular weight is 402 g/mol. The Bertz CT molecular complexity index is 899. The summed E-state index contributed by atoms with van der Waals surface area (Å²) in [5.41, 5.74) is 1.21. The Morgan fingerprint density at radius 2 is 1.61 bits per heavy atom. The van der Waals surface area contributed by atoms with E-state index in [9.17, 15) is 14.0 Å². The van der Waals surface area contributed by atoms with Crippen molar-refractivity contribution in [3.63, 3.8) is 0 Å². The Kier molecular flexibility index (Phi) is 5.22. The lowest BCUT2D eigenvalue weighted by Crippen LogP contribution is -2.50. The minimum absolute atomic E-state index is 0.0361. The maximum Gasteiger partial charge on any atom is 0.228 e. The normalized spacial score (nSPS) is 20.0. The van der Waals surface area contributed by atoms with Crippen LogP contribution in [0.2, 0.25) is 5.02 Å². The maximum absolute atomic E-state index is 14.0. The second-order valence-corrected chi connectivity index (χ2v) is 7.53. The third kappa shape index (κ3) is 3.56. The lowest BCUT2D eigenvalue weighted by Gasteiger charge is -2.37. The van der Waals surface area contributed by atoms with E-state index in [4.69, 9.17) is 11.6 Å². The number of rotatable bonds is 3. The molecule has 2 aliphatic rings. The van der Waals surface area contributed by atoms with Crippen LogP contribution >= 0.6 is 11.6 Å². The molecule has 2 aromatic rings. The molecule has 0 unspecified atom stereocenters. The fourth-order valence-corrected chi connectivity index (χ4v) is 4.17. The number of halogens is 2. The van der Waals surface area contributed by atoms with Crippen LogP contribution < -0.4 is 9.80 Å². The van der Waals surface area contributed by atoms with Crippen molar-refractivity contribution in [2.45, 2.75) is 6.42 Å². The van der Waals surface area contributed by atoms with Gasteiger partial charge in [-0.3, -0.25) is 9.59 Å². The van der Waals surface area contributed by atoms with Gasteiger partial charge in [-0.1, -0.05) is 35.9 Å². The molecule has 0 aliphatic carbocycles. The summed E-state index contributed by atoms with van der Waals surface area (Å²) >= 11 is 6.27. The van der Waals surface area contributed by atoms with Crippen molar-refractivity contribution in [3.05, 3.63) is 59.4 Å². The highest BCUT2D eigenvalue weighted by Crippen LogP contribution is 2.30. The quantitative estimate of drug-likeness (QED) is 0.793. The van der Waals surface area contributed by atoms with Crippen LogP contribution in [0.25, 0.3) is 0 Å². The van der Waals surface area contributed by atoms with Crippen LogP contribution in [-0.2, 0) is 9.59 Å². The van der Waals surface area contributed by atoms with Crippen molar-refractivity contribution < 1.29 is 14.0 Å². The van der Waals surface area contributed by atoms with Crippen molar-refractivity contribution in [2.24, 2.45) is 5.92 Å². The van der Waals surface area contributed by atoms with Crippen molar-refractivity contribution in [2.75, 3.05) is 42.5 Å². The predicted octanol–water partition coefficient (Wildman–Crippen LogP) is 3.18. The molecule has 4 rings (SSSR count). The second kappa shape index (κ2) is 7.80. The van der Waals surface area contributed by atoms with Gasteiger partial charge in [-0.05, 0) is 24.3 Å². The number of para-hydroxylation sites is 2. The second-order valence-electron chi connectivity index (χ2n) is 7.12. The number of hydrogen-bond donors (Lipinski definition) is 0. The van der Waals surface area contributed by atoms with Crippen LogP contribution in [0.5, 0.6) is 0 Å². The number of carbonyl (C=O) groups excluding carboxylic acids is 2. The summed E-state index contributed by atoms with van der Waals surface area (Å²) in [6.45, 7) is 2.76. The topological polar surface area (TPSA) is 43.9 Å². The van der Waals surface area contributed by atoms with E-state index in [-0.39, 0.29) is 30.5 Å². The van der Waals surface area contributed by atoms with Gasteiger partial charge in [-0.25, -0.2) is 4.39 Å². The van der Waals surface area contributed by atoms with E-state index in [1.165, 1.54) is 11.0 Å². The highest BCUT2D eigenvalue weighted by atomic mass is 35.5. The molecule has 0 spiro atoms. The summed E-state index contributed by atoms with van der Waals surface area (Å²) in [4.78, 5) is 30.6. The Labute approximate surface area is 168 Å². The van der Waals surface area contributed by atoms with Crippen molar-refractivity contribution in [1.29, 1.82) is 0 Å². The molecule has 2 saturated heterocycles. The van der Waals surface area contributed by atoms with Crippen molar-refractivity contribution in [1.82, 2.24) is 4.90 Å². The van der Waals surface area contributed by atoms with E-state index in [0.29, 0.717) is 31.2 Å². The Morgan fingerprint density at radius 1 is 0.964 bits per heavy atom. The smallest absolute Gasteiger partial charge is 0.228 e. The van der Waals surface area contributed by atoms with Crippen molar-refractivity contribution >= 4 is 34.8 Å². The van der Waals surface area contributed by atoms with Gasteiger partial charge in [0.05, 0.1) is 22.3 Å². The zero-order valence-electron chi connectivity index (χ0n) is 15.4. The lowest BCUT2D eigenvalue weighted by atomic mass is 10.1. The number of hydrogen-bond acceptors (Lipinski definition) is 3. The third-order valence-electron chi connectivity index (χ3n) is 5.40. The molecular weight excluding hydrogens is 381 g/mol. The van der Waals surface area contributed by atoms with Crippen LogP contribution in [0.4, 0.5) is 15.8 Å². The van der Waals surface area contributed by atoms with Gasteiger partial charge >= 0.3 is 0 Å². The van der Waals surface area contributed by atoms with Crippen molar-refractivity contribution in [3.8, 4) is 0 Å². The molecule has 7 heteroatoms. The molecule has 28 heavy (non-hydrogen) atoms. The zero-order chi connectivity index (χ0) is 19.7. The fraction of sp³-hybridized carbons (Fsp3) is 0.333. The molecule has 0 radical (unpaired) electrons. The fourth-order valence-electron chi connectivity index (χ4n) is 3.91. The van der Waals surface area contributed by atoms with Crippen LogP contribution in [0.3, 0.4) is 0 Å². The molecule has 2 amide bonds. The first kappa shape index (κ1) is 18.7. The Morgan fingerprint density at radius 3 is 2.29 bits per heavy atom. The van der Waals surface area contributed by atoms with Gasteiger partial charge in [-0.15, -0.1) is 0 Å². The summed E-state index contributed by atoms with van der Waals surface area (Å²) in [5, 5.41) is 0.698. The van der Waals surface area contributed by atoms with Gasteiger partial charge in [0.2, 0.25) is 11.8 Å². The summed E-state index contributed by atoms with van der Waals surface area (Å²) in [7, 11) is 0. The molecule has 0 bridgehead atoms. The lowest BCUT2D eigenvalue weighted by molar-refractivity contribution is -0.136. The van der Waals surface area contributed by atoms with Crippen LogP contribution in [0.1, 0.15) is 6.42 Å². The highest BCUT2D eigenvalue weighted by Gasteiger charge is 2.38. The van der Waals surface area contributed by atoms with Crippen LogP contribution in [-0.4, -0.2) is 49.4 Å². The molecule has 2 heterocycles. The summed E-state index contributed by atoms with van der Waals surface area (Å²) in [6.07, 6.45) is 0.123. The van der Waals surface area contributed by atoms with Gasteiger partial charge < -0.3 is 14.7 Å². The number of benzene rings is 2. The molecule has 2 aliphatic heterocycles. The van der Waals surface area contributed by atoms with E-state index in [1.54, 1.807) is 23.1 Å². The average Bonchev–Trinajstić information content (AvgIpc) is 3.10. The number of piperazine rings is 1. The number of amides is 2. The zero-order valence-corrected chi connectivity index (χ0v) is 16.1. The summed E-state index contributed by atoms with van der Waals surface area (Å²) in [5.74, 6) is -1.12. The summed E-state index contributed by atoms with van der Waals surface area (Å²) in [6, 6.07) is 13.8. The molecule has 1 atom stereocenters. The molecule has 2 fully saturated rings. The Hall–Kier alpha value is -2.60. The van der Waals surface area contributed by atoms with Gasteiger partial charge in [0.1, 0.15) is 5.82 Å². The number of anilines is 2. The SMILES string of the molecule is O=C([C@@H]1CC(=O)N(c2ccccc2F)C1)N1CCN(c2ccccc2Cl)CC1. The first-order valence-electron chi connectivity index (χ1n) is 9.38. The minimum atomic E-state index is -0.447. The summed E-state index contributed by atoms with van der Waals surface area (Å²) < 4.78 is 14.0. The molecular formula is C21H21ClFN3O2. The van der Waals surface area contributed by atoms with E-state index in [1.807, 2.05) is 24.3 Å². The van der Waals surface area contributed by atoms with E-state index in [0.717, 1.165) is 5.69 Å². The van der Waals surface area contributed by atoms with Crippen LogP contribution in [0, 0.1) is 11.7 Å². The van der Waals surface area contributed by atoms with Gasteiger partial charge in [0.25, 0.3) is 0 Å². The molecule has 0 aromatic heterocycles. The standard InChI is InChI=1S/C21H21ClFN3O2/c22-16-5-1-3-7-18(16)24-9-11-25(12-10-24)21(28)15-13-20(27)26(14-15)19-8-4-2-6-17(19)23/h1-8,15H,9-14H2/t15-/m1/s1. The first-order chi connectivity index (χ1) is 13.5. The predicted molar refractivity (Wildman–Crippen MR) is 107 cm³/mol. The monoisotopic (exact) mass is 401 g/mol. The maximum atomic E-state index is 14.0. The number of carbonyl (C=O) groups is 2. The molecule has 2 aromatic carbocycles. The number of nitrogens with zero attached hydrogens (tertiary/aromatic N) is 3. The molecule has 5 nitrogen and oxygen atoms in total. The highest BCUT2D eigenvalue weighted by molar-refractivity contribution is 6.33. The third-order valence-corrected chi connectivity index (χ3v) is 5.72. The van der Waals surface area contributed by atoms with Crippen LogP contribution in [0.15, 0.2) is 48.5 Å².